The Kier molecular flexibility index (Phi) is 5.44. The van der Waals surface area contributed by atoms with Gasteiger partial charge >= 0.3 is 0 Å². The molecular weight excluding hydrogens is 144 g/mol. The van der Waals surface area contributed by atoms with Crippen molar-refractivity contribution in [2.75, 3.05) is 0 Å². The van der Waals surface area contributed by atoms with E-state index in [9.17, 15) is 0 Å². The number of rotatable bonds is 4. The zero-order valence-electron chi connectivity index (χ0n) is 8.72. The van der Waals surface area contributed by atoms with Gasteiger partial charge in [0, 0.05) is 0 Å². The van der Waals surface area contributed by atoms with E-state index in [0.29, 0.717) is 5.92 Å². The van der Waals surface area contributed by atoms with E-state index in [2.05, 4.69) is 46.4 Å². The number of hydrogen-bond acceptors (Lipinski definition) is 0. The first-order valence-corrected chi connectivity index (χ1v) is 4.53. The smallest absolute Gasteiger partial charge is 0.0219 e. The molecule has 0 saturated heterocycles. The molecule has 0 aliphatic carbocycles. The molecule has 0 radical (unpaired) electrons. The predicted octanol–water partition coefficient (Wildman–Crippen LogP) is 4.11. The third-order valence-electron chi connectivity index (χ3n) is 1.95. The minimum Gasteiger partial charge on any atom is -0.0988 e. The summed E-state index contributed by atoms with van der Waals surface area (Å²) < 4.78 is 0. The van der Waals surface area contributed by atoms with E-state index in [1.807, 2.05) is 6.08 Å². The zero-order chi connectivity index (χ0) is 9.56. The molecular formula is C12H20. The predicted molar refractivity (Wildman–Crippen MR) is 57.2 cm³/mol. The summed E-state index contributed by atoms with van der Waals surface area (Å²) in [6.07, 6.45) is 7.41. The topological polar surface area (TPSA) is 0 Å². The summed E-state index contributed by atoms with van der Waals surface area (Å²) in [6, 6.07) is 0. The molecule has 0 saturated carbocycles. The van der Waals surface area contributed by atoms with Crippen LogP contribution in [-0.4, -0.2) is 0 Å². The fourth-order valence-electron chi connectivity index (χ4n) is 1.24. The van der Waals surface area contributed by atoms with Crippen molar-refractivity contribution in [2.24, 2.45) is 5.92 Å². The lowest BCUT2D eigenvalue weighted by Gasteiger charge is -2.08. The molecule has 0 heteroatoms. The standard InChI is InChI=1S/C12H20/c1-6-8-11(5)9-12(7-2)10(3)4/h6-8,11H,2,9H2,1,3-5H3. The first-order chi connectivity index (χ1) is 5.61. The molecule has 0 aromatic rings. The van der Waals surface area contributed by atoms with Crippen molar-refractivity contribution >= 4 is 0 Å². The van der Waals surface area contributed by atoms with E-state index in [4.69, 9.17) is 0 Å². The summed E-state index contributed by atoms with van der Waals surface area (Å²) in [5.74, 6) is 0.623. The second kappa shape index (κ2) is 5.82. The maximum atomic E-state index is 3.81. The molecule has 0 aromatic heterocycles. The normalized spacial score (nSPS) is 13.0. The van der Waals surface area contributed by atoms with Crippen molar-refractivity contribution in [1.29, 1.82) is 0 Å². The second-order valence-electron chi connectivity index (χ2n) is 3.44. The van der Waals surface area contributed by atoms with Gasteiger partial charge in [-0.2, -0.15) is 0 Å². The van der Waals surface area contributed by atoms with Crippen molar-refractivity contribution in [3.8, 4) is 0 Å². The molecule has 0 nitrogen and oxygen atoms in total. The molecule has 0 aliphatic rings. The molecule has 68 valence electrons. The van der Waals surface area contributed by atoms with Crippen LogP contribution in [0, 0.1) is 5.92 Å². The van der Waals surface area contributed by atoms with Gasteiger partial charge in [0.05, 0.1) is 0 Å². The monoisotopic (exact) mass is 164 g/mol. The van der Waals surface area contributed by atoms with Gasteiger partial charge in [-0.1, -0.05) is 37.3 Å². The molecule has 0 spiro atoms. The van der Waals surface area contributed by atoms with E-state index < -0.39 is 0 Å². The maximum absolute atomic E-state index is 3.81. The molecule has 0 aromatic carbocycles. The molecule has 0 N–H and O–H groups in total. The SMILES string of the molecule is C=CC(CC(C)C=CC)=C(C)C. The molecule has 0 bridgehead atoms. The van der Waals surface area contributed by atoms with Crippen LogP contribution in [0.2, 0.25) is 0 Å². The highest BCUT2D eigenvalue weighted by Gasteiger charge is 2.00. The van der Waals surface area contributed by atoms with E-state index in [-0.39, 0.29) is 0 Å². The highest BCUT2D eigenvalue weighted by molar-refractivity contribution is 5.22. The Labute approximate surface area is 76.7 Å². The van der Waals surface area contributed by atoms with Gasteiger partial charge in [-0.25, -0.2) is 0 Å². The van der Waals surface area contributed by atoms with Gasteiger partial charge in [-0.3, -0.25) is 0 Å². The average molecular weight is 164 g/mol. The fraction of sp³-hybridized carbons (Fsp3) is 0.500. The minimum atomic E-state index is 0.623. The molecule has 0 fully saturated rings. The molecule has 1 unspecified atom stereocenters. The third kappa shape index (κ3) is 4.17. The highest BCUT2D eigenvalue weighted by Crippen LogP contribution is 2.16. The van der Waals surface area contributed by atoms with Gasteiger partial charge in [0.15, 0.2) is 0 Å². The maximum Gasteiger partial charge on any atom is -0.0219 e. The fourth-order valence-corrected chi connectivity index (χ4v) is 1.24. The van der Waals surface area contributed by atoms with E-state index in [1.165, 1.54) is 11.1 Å². The molecule has 0 amide bonds. The summed E-state index contributed by atoms with van der Waals surface area (Å²) in [5.41, 5.74) is 2.75. The van der Waals surface area contributed by atoms with Gasteiger partial charge in [-0.05, 0) is 38.7 Å². The van der Waals surface area contributed by atoms with Gasteiger partial charge in [0.2, 0.25) is 0 Å². The van der Waals surface area contributed by atoms with Crippen LogP contribution in [-0.2, 0) is 0 Å². The lowest BCUT2D eigenvalue weighted by atomic mass is 9.98. The second-order valence-corrected chi connectivity index (χ2v) is 3.44. The van der Waals surface area contributed by atoms with Crippen LogP contribution in [0.4, 0.5) is 0 Å². The first-order valence-electron chi connectivity index (χ1n) is 4.53. The number of hydrogen-bond donors (Lipinski definition) is 0. The van der Waals surface area contributed by atoms with Crippen LogP contribution >= 0.6 is 0 Å². The van der Waals surface area contributed by atoms with E-state index >= 15 is 0 Å². The Morgan fingerprint density at radius 3 is 2.33 bits per heavy atom. The number of allylic oxidation sites excluding steroid dienone is 5. The van der Waals surface area contributed by atoms with Gasteiger partial charge < -0.3 is 0 Å². The Hall–Kier alpha value is -0.780. The van der Waals surface area contributed by atoms with Crippen LogP contribution < -0.4 is 0 Å². The lowest BCUT2D eigenvalue weighted by Crippen LogP contribution is -1.92. The van der Waals surface area contributed by atoms with Crippen molar-refractivity contribution < 1.29 is 0 Å². The minimum absolute atomic E-state index is 0.623. The van der Waals surface area contributed by atoms with Gasteiger partial charge in [0.1, 0.15) is 0 Å². The van der Waals surface area contributed by atoms with Crippen LogP contribution in [0.25, 0.3) is 0 Å². The van der Waals surface area contributed by atoms with E-state index in [0.717, 1.165) is 6.42 Å². The largest absolute Gasteiger partial charge is 0.0988 e. The Morgan fingerprint density at radius 2 is 2.00 bits per heavy atom. The summed E-state index contributed by atoms with van der Waals surface area (Å²) >= 11 is 0. The summed E-state index contributed by atoms with van der Waals surface area (Å²) in [5, 5.41) is 0. The average Bonchev–Trinajstić information content (AvgIpc) is 2.00. The highest BCUT2D eigenvalue weighted by atomic mass is 14.1. The summed E-state index contributed by atoms with van der Waals surface area (Å²) in [7, 11) is 0. The summed E-state index contributed by atoms with van der Waals surface area (Å²) in [4.78, 5) is 0. The lowest BCUT2D eigenvalue weighted by molar-refractivity contribution is 0.721. The molecule has 12 heavy (non-hydrogen) atoms. The third-order valence-corrected chi connectivity index (χ3v) is 1.95. The molecule has 1 atom stereocenters. The first kappa shape index (κ1) is 11.2. The van der Waals surface area contributed by atoms with Crippen LogP contribution in [0.15, 0.2) is 36.0 Å². The molecule has 0 heterocycles. The van der Waals surface area contributed by atoms with E-state index in [1.54, 1.807) is 0 Å². The van der Waals surface area contributed by atoms with Crippen molar-refractivity contribution in [2.45, 2.75) is 34.1 Å². The Bertz CT molecular complexity index is 190. The Balaban J connectivity index is 4.23. The van der Waals surface area contributed by atoms with Crippen LogP contribution in [0.5, 0.6) is 0 Å². The summed E-state index contributed by atoms with van der Waals surface area (Å²) in [6.45, 7) is 12.4. The van der Waals surface area contributed by atoms with Crippen LogP contribution in [0.3, 0.4) is 0 Å². The van der Waals surface area contributed by atoms with Crippen LogP contribution in [0.1, 0.15) is 34.1 Å². The van der Waals surface area contributed by atoms with Gasteiger partial charge in [-0.15, -0.1) is 0 Å². The quantitative estimate of drug-likeness (QED) is 0.433. The van der Waals surface area contributed by atoms with Crippen molar-refractivity contribution in [3.63, 3.8) is 0 Å². The van der Waals surface area contributed by atoms with Gasteiger partial charge in [0.25, 0.3) is 0 Å². The molecule has 0 rings (SSSR count). The Morgan fingerprint density at radius 1 is 1.42 bits per heavy atom. The molecule has 0 aliphatic heterocycles. The van der Waals surface area contributed by atoms with Crippen molar-refractivity contribution in [1.82, 2.24) is 0 Å². The zero-order valence-corrected chi connectivity index (χ0v) is 8.72. The van der Waals surface area contributed by atoms with Crippen molar-refractivity contribution in [3.05, 3.63) is 36.0 Å².